The molecule has 1 aromatic rings. The third kappa shape index (κ3) is 4.67. The number of nitrogens with two attached hydrogens (primary N) is 1. The minimum absolute atomic E-state index is 0.480. The van der Waals surface area contributed by atoms with Gasteiger partial charge in [0.1, 0.15) is 5.75 Å². The van der Waals surface area contributed by atoms with Gasteiger partial charge in [-0.25, -0.2) is 4.79 Å². The van der Waals surface area contributed by atoms with Crippen molar-refractivity contribution in [2.75, 3.05) is 14.2 Å². The molecule has 26 heavy (non-hydrogen) atoms. The average molecular weight is 382 g/mol. The Bertz CT molecular complexity index is 550. The molecule has 0 fully saturated rings. The highest BCUT2D eigenvalue weighted by Gasteiger charge is 2.47. The summed E-state index contributed by atoms with van der Waals surface area (Å²) in [5, 5.41) is 0. The Balaban J connectivity index is 3.07. The van der Waals surface area contributed by atoms with Crippen molar-refractivity contribution in [1.82, 2.24) is 0 Å². The first-order valence-corrected chi connectivity index (χ1v) is 11.4. The Kier molecular flexibility index (Phi) is 8.31. The van der Waals surface area contributed by atoms with Gasteiger partial charge in [-0.3, -0.25) is 0 Å². The number of esters is 1. The second-order valence-electron chi connectivity index (χ2n) is 7.69. The number of carbonyl (C=O) groups is 1. The van der Waals surface area contributed by atoms with E-state index in [1.54, 1.807) is 0 Å². The Labute approximate surface area is 159 Å². The van der Waals surface area contributed by atoms with Crippen LogP contribution >= 0.6 is 0 Å². The fraction of sp³-hybridized carbons (Fsp3) is 0.650. The van der Waals surface area contributed by atoms with Crippen LogP contribution < -0.4 is 10.2 Å². The van der Waals surface area contributed by atoms with E-state index in [2.05, 4.69) is 41.5 Å². The second-order valence-corrected chi connectivity index (χ2v) is 13.1. The number of carbonyl (C=O) groups excluding carboxylic acids is 1. The van der Waals surface area contributed by atoms with E-state index in [-0.39, 0.29) is 0 Å². The van der Waals surface area contributed by atoms with Crippen molar-refractivity contribution in [2.24, 2.45) is 5.73 Å². The number of ether oxygens (including phenoxy) is 2. The van der Waals surface area contributed by atoms with Gasteiger partial charge in [0.05, 0.1) is 13.2 Å². The smallest absolute Gasteiger partial charge is 0.336 e. The Morgan fingerprint density at radius 2 is 1.38 bits per heavy atom. The van der Waals surface area contributed by atoms with Crippen molar-refractivity contribution in [1.29, 1.82) is 0 Å². The zero-order valence-corrected chi connectivity index (χ0v) is 18.4. The first-order chi connectivity index (χ1) is 12.1. The summed E-state index contributed by atoms with van der Waals surface area (Å²) in [6.45, 7) is 13.6. The molecule has 1 rings (SSSR count). The summed E-state index contributed by atoms with van der Waals surface area (Å²) in [4.78, 5) is 11.8. The maximum atomic E-state index is 11.8. The zero-order valence-electron chi connectivity index (χ0n) is 17.4. The van der Waals surface area contributed by atoms with Gasteiger partial charge >= 0.3 is 5.97 Å². The maximum Gasteiger partial charge on any atom is 0.336 e. The third-order valence-electron chi connectivity index (χ3n) is 5.28. The molecule has 6 heteroatoms. The van der Waals surface area contributed by atoms with E-state index in [0.29, 0.717) is 16.6 Å². The number of methoxy groups -OCH3 is 2. The Morgan fingerprint density at radius 3 is 1.73 bits per heavy atom. The molecule has 0 unspecified atom stereocenters. The molecule has 0 aliphatic rings. The lowest BCUT2D eigenvalue weighted by molar-refractivity contribution is -0.153. The highest BCUT2D eigenvalue weighted by molar-refractivity contribution is 6.78. The molecule has 2 atom stereocenters. The van der Waals surface area contributed by atoms with Gasteiger partial charge < -0.3 is 19.6 Å². The van der Waals surface area contributed by atoms with Gasteiger partial charge in [-0.05, 0) is 34.3 Å². The SMILES string of the molecule is COC(=O)[C@@H](OC)[C@@H](N)c1ccc(O[Si](C(C)C)(C(C)C)C(C)C)cc1. The predicted octanol–water partition coefficient (Wildman–Crippen LogP) is 4.43. The van der Waals surface area contributed by atoms with Crippen LogP contribution in [0.25, 0.3) is 0 Å². The molecule has 0 heterocycles. The van der Waals surface area contributed by atoms with E-state index in [1.165, 1.54) is 14.2 Å². The van der Waals surface area contributed by atoms with Crippen molar-refractivity contribution in [2.45, 2.75) is 70.3 Å². The molecule has 0 spiro atoms. The van der Waals surface area contributed by atoms with Gasteiger partial charge in [-0.2, -0.15) is 0 Å². The van der Waals surface area contributed by atoms with E-state index in [9.17, 15) is 4.79 Å². The van der Waals surface area contributed by atoms with Crippen LogP contribution in [0.2, 0.25) is 16.6 Å². The van der Waals surface area contributed by atoms with Crippen LogP contribution in [-0.4, -0.2) is 34.6 Å². The summed E-state index contributed by atoms with van der Waals surface area (Å²) in [5.74, 6) is 0.377. The second kappa shape index (κ2) is 9.53. The molecule has 0 bridgehead atoms. The van der Waals surface area contributed by atoms with Gasteiger partial charge in [0.2, 0.25) is 0 Å². The van der Waals surface area contributed by atoms with Crippen molar-refractivity contribution >= 4 is 14.3 Å². The standard InChI is InChI=1S/C20H35NO4Si/c1-13(2)26(14(3)4,15(5)6)25-17-11-9-16(10-12-17)18(21)19(23-7)20(22)24-8/h9-15,18-19H,21H2,1-8H3/t18-,19-/m0/s1. The summed E-state index contributed by atoms with van der Waals surface area (Å²) in [7, 11) is 0.781. The third-order valence-corrected chi connectivity index (χ3v) is 11.3. The van der Waals surface area contributed by atoms with Crippen molar-refractivity contribution in [3.05, 3.63) is 29.8 Å². The number of rotatable bonds is 9. The minimum atomic E-state index is -2.00. The lowest BCUT2D eigenvalue weighted by Gasteiger charge is -2.42. The molecule has 0 aromatic heterocycles. The molecule has 0 aliphatic heterocycles. The molecule has 1 aromatic carbocycles. The van der Waals surface area contributed by atoms with Crippen LogP contribution in [0.3, 0.4) is 0 Å². The van der Waals surface area contributed by atoms with Crippen molar-refractivity contribution < 1.29 is 18.7 Å². The van der Waals surface area contributed by atoms with Gasteiger partial charge in [0, 0.05) is 7.11 Å². The summed E-state index contributed by atoms with van der Waals surface area (Å²) in [6, 6.07) is 7.08. The molecular weight excluding hydrogens is 346 g/mol. The van der Waals surface area contributed by atoms with Gasteiger partial charge in [-0.1, -0.05) is 53.7 Å². The van der Waals surface area contributed by atoms with Gasteiger partial charge in [0.15, 0.2) is 6.10 Å². The normalized spacial score (nSPS) is 14.6. The number of benzene rings is 1. The molecule has 0 saturated carbocycles. The van der Waals surface area contributed by atoms with Crippen LogP contribution in [0.5, 0.6) is 5.75 Å². The Hall–Kier alpha value is -1.37. The molecule has 5 nitrogen and oxygen atoms in total. The molecule has 148 valence electrons. The number of hydrogen-bond donors (Lipinski definition) is 1. The summed E-state index contributed by atoms with van der Waals surface area (Å²) >= 11 is 0. The molecule has 0 saturated heterocycles. The fourth-order valence-corrected chi connectivity index (χ4v) is 9.25. The van der Waals surface area contributed by atoms with E-state index in [0.717, 1.165) is 11.3 Å². The van der Waals surface area contributed by atoms with Crippen LogP contribution in [0.15, 0.2) is 24.3 Å². The first kappa shape index (κ1) is 22.7. The van der Waals surface area contributed by atoms with Gasteiger partial charge in [0.25, 0.3) is 8.32 Å². The van der Waals surface area contributed by atoms with E-state index < -0.39 is 26.4 Å². The quantitative estimate of drug-likeness (QED) is 0.506. The van der Waals surface area contributed by atoms with Crippen LogP contribution in [0.4, 0.5) is 0 Å². The maximum absolute atomic E-state index is 11.8. The van der Waals surface area contributed by atoms with E-state index in [1.807, 2.05) is 24.3 Å². The fourth-order valence-electron chi connectivity index (χ4n) is 4.00. The predicted molar refractivity (Wildman–Crippen MR) is 108 cm³/mol. The van der Waals surface area contributed by atoms with Crippen molar-refractivity contribution in [3.63, 3.8) is 0 Å². The van der Waals surface area contributed by atoms with Crippen LogP contribution in [0.1, 0.15) is 53.1 Å². The molecule has 0 amide bonds. The van der Waals surface area contributed by atoms with Gasteiger partial charge in [-0.15, -0.1) is 0 Å². The topological polar surface area (TPSA) is 70.8 Å². The molecule has 0 radical (unpaired) electrons. The largest absolute Gasteiger partial charge is 0.543 e. The Morgan fingerprint density at radius 1 is 0.923 bits per heavy atom. The molecular formula is C20H35NO4Si. The number of hydrogen-bond acceptors (Lipinski definition) is 5. The molecule has 0 aliphatic carbocycles. The highest BCUT2D eigenvalue weighted by Crippen LogP contribution is 2.42. The van der Waals surface area contributed by atoms with Crippen LogP contribution in [0, 0.1) is 0 Å². The summed E-state index contributed by atoms with van der Waals surface area (Å²) in [6.07, 6.45) is -0.831. The van der Waals surface area contributed by atoms with Crippen LogP contribution in [-0.2, 0) is 14.3 Å². The van der Waals surface area contributed by atoms with E-state index >= 15 is 0 Å². The van der Waals surface area contributed by atoms with E-state index in [4.69, 9.17) is 19.6 Å². The average Bonchev–Trinajstić information content (AvgIpc) is 2.59. The minimum Gasteiger partial charge on any atom is -0.543 e. The molecule has 2 N–H and O–H groups in total. The highest BCUT2D eigenvalue weighted by atomic mass is 28.4. The lowest BCUT2D eigenvalue weighted by atomic mass is 10.0. The zero-order chi connectivity index (χ0) is 20.1. The summed E-state index contributed by atoms with van der Waals surface area (Å²) in [5.41, 5.74) is 8.50. The monoisotopic (exact) mass is 381 g/mol. The van der Waals surface area contributed by atoms with Crippen molar-refractivity contribution in [3.8, 4) is 5.75 Å². The lowest BCUT2D eigenvalue weighted by Crippen LogP contribution is -2.50. The first-order valence-electron chi connectivity index (χ1n) is 9.26. The summed E-state index contributed by atoms with van der Waals surface area (Å²) < 4.78 is 16.6.